The standard InChI is InChI=1S/C19H21ClF2N4O3S/c1-18(2)17(23)26-19(9-21,10-30(18,28)29)13-7-12(4-5-14(13)22)25-16(27)15-6-3-11(20)8-24-15/h3-8,28-29H,9-10H2,1-2H3,(H2,23,26)(H,25,27)/t19-/m0/s1. The van der Waals surface area contributed by atoms with Crippen LogP contribution in [0.1, 0.15) is 29.9 Å². The Hall–Kier alpha value is -2.27. The molecule has 0 saturated heterocycles. The molecule has 11 heteroatoms. The van der Waals surface area contributed by atoms with E-state index >= 15 is 0 Å². The summed E-state index contributed by atoms with van der Waals surface area (Å²) >= 11 is 5.75. The van der Waals surface area contributed by atoms with E-state index in [1.807, 2.05) is 0 Å². The van der Waals surface area contributed by atoms with Gasteiger partial charge in [-0.1, -0.05) is 11.6 Å². The number of pyridine rings is 1. The molecule has 0 bridgehead atoms. The highest BCUT2D eigenvalue weighted by Crippen LogP contribution is 2.59. The third kappa shape index (κ3) is 3.87. The minimum absolute atomic E-state index is 0.0707. The van der Waals surface area contributed by atoms with Gasteiger partial charge >= 0.3 is 0 Å². The molecule has 0 spiro atoms. The molecular weight excluding hydrogens is 438 g/mol. The Kier molecular flexibility index (Phi) is 5.80. The normalized spacial score (nSPS) is 23.4. The summed E-state index contributed by atoms with van der Waals surface area (Å²) < 4.78 is 48.8. The summed E-state index contributed by atoms with van der Waals surface area (Å²) in [7, 11) is -3.45. The number of anilines is 1. The van der Waals surface area contributed by atoms with Crippen molar-refractivity contribution < 1.29 is 22.7 Å². The first-order valence-electron chi connectivity index (χ1n) is 8.82. The summed E-state index contributed by atoms with van der Waals surface area (Å²) in [5, 5.41) is 2.90. The molecule has 3 rings (SSSR count). The topological polar surface area (TPSA) is 121 Å². The van der Waals surface area contributed by atoms with Gasteiger partial charge in [-0.25, -0.2) is 13.8 Å². The Bertz CT molecular complexity index is 1020. The first kappa shape index (κ1) is 22.4. The predicted octanol–water partition coefficient (Wildman–Crippen LogP) is 4.19. The number of hydrogen-bond donors (Lipinski definition) is 4. The van der Waals surface area contributed by atoms with Crippen LogP contribution in [0.2, 0.25) is 5.02 Å². The van der Waals surface area contributed by atoms with Crippen LogP contribution < -0.4 is 11.1 Å². The van der Waals surface area contributed by atoms with Gasteiger partial charge in [-0.3, -0.25) is 18.9 Å². The van der Waals surface area contributed by atoms with E-state index in [4.69, 9.17) is 17.3 Å². The zero-order valence-electron chi connectivity index (χ0n) is 16.2. The molecule has 1 aromatic heterocycles. The van der Waals surface area contributed by atoms with E-state index in [0.29, 0.717) is 5.02 Å². The summed E-state index contributed by atoms with van der Waals surface area (Å²) in [5.74, 6) is -2.14. The summed E-state index contributed by atoms with van der Waals surface area (Å²) in [6.07, 6.45) is 1.30. The number of hydrogen-bond acceptors (Lipinski definition) is 6. The first-order chi connectivity index (χ1) is 13.9. The molecule has 1 aliphatic heterocycles. The lowest BCUT2D eigenvalue weighted by Crippen LogP contribution is -2.53. The van der Waals surface area contributed by atoms with E-state index in [-0.39, 0.29) is 22.8 Å². The number of aromatic nitrogens is 1. The second kappa shape index (κ2) is 7.77. The van der Waals surface area contributed by atoms with E-state index in [1.165, 1.54) is 44.3 Å². The summed E-state index contributed by atoms with van der Waals surface area (Å²) in [4.78, 5) is 20.4. The molecule has 1 aliphatic rings. The molecule has 0 aliphatic carbocycles. The molecule has 0 saturated carbocycles. The highest BCUT2D eigenvalue weighted by Gasteiger charge is 2.51. The Balaban J connectivity index is 2.01. The van der Waals surface area contributed by atoms with Gasteiger partial charge in [-0.05, 0) is 44.2 Å². The third-order valence-corrected chi connectivity index (χ3v) is 8.06. The van der Waals surface area contributed by atoms with Crippen LogP contribution in [-0.4, -0.2) is 43.0 Å². The fraction of sp³-hybridized carbons (Fsp3) is 0.316. The Morgan fingerprint density at radius 3 is 2.60 bits per heavy atom. The lowest BCUT2D eigenvalue weighted by atomic mass is 9.92. The van der Waals surface area contributed by atoms with Crippen LogP contribution >= 0.6 is 22.2 Å². The maximum atomic E-state index is 14.7. The number of nitrogens with two attached hydrogens (primary N) is 1. The van der Waals surface area contributed by atoms with Crippen molar-refractivity contribution in [3.63, 3.8) is 0 Å². The highest BCUT2D eigenvalue weighted by molar-refractivity contribution is 8.26. The second-order valence-corrected chi connectivity index (χ2v) is 10.6. The number of alkyl halides is 1. The summed E-state index contributed by atoms with van der Waals surface area (Å²) in [6, 6.07) is 6.43. The quantitative estimate of drug-likeness (QED) is 0.547. The molecule has 0 radical (unpaired) electrons. The van der Waals surface area contributed by atoms with E-state index in [1.54, 1.807) is 0 Å². The van der Waals surface area contributed by atoms with Gasteiger partial charge in [0.1, 0.15) is 34.3 Å². The number of amidine groups is 1. The molecule has 7 nitrogen and oxygen atoms in total. The van der Waals surface area contributed by atoms with Crippen LogP contribution in [0.25, 0.3) is 0 Å². The van der Waals surface area contributed by atoms with Gasteiger partial charge in [0.2, 0.25) is 0 Å². The lowest BCUT2D eigenvalue weighted by molar-refractivity contribution is 0.102. The third-order valence-electron chi connectivity index (χ3n) is 5.12. The van der Waals surface area contributed by atoms with Crippen LogP contribution in [0.3, 0.4) is 0 Å². The van der Waals surface area contributed by atoms with Gasteiger partial charge in [0, 0.05) is 17.4 Å². The minimum Gasteiger partial charge on any atom is -0.386 e. The fourth-order valence-corrected chi connectivity index (χ4v) is 4.84. The van der Waals surface area contributed by atoms with Crippen LogP contribution in [-0.2, 0) is 5.54 Å². The molecule has 30 heavy (non-hydrogen) atoms. The zero-order chi connectivity index (χ0) is 22.3. The molecule has 2 heterocycles. The van der Waals surface area contributed by atoms with Crippen molar-refractivity contribution in [3.05, 3.63) is 58.6 Å². The zero-order valence-corrected chi connectivity index (χ0v) is 17.8. The maximum absolute atomic E-state index is 14.7. The second-order valence-electron chi connectivity index (χ2n) is 7.49. The number of aliphatic imine (C=N–C) groups is 1. The van der Waals surface area contributed by atoms with Gasteiger partial charge in [0.25, 0.3) is 5.91 Å². The highest BCUT2D eigenvalue weighted by atomic mass is 35.5. The minimum atomic E-state index is -3.45. The molecule has 1 amide bonds. The number of rotatable bonds is 4. The number of carbonyl (C=O) groups excluding carboxylic acids is 1. The maximum Gasteiger partial charge on any atom is 0.274 e. The summed E-state index contributed by atoms with van der Waals surface area (Å²) in [5.41, 5.74) is 3.95. The van der Waals surface area contributed by atoms with Crippen molar-refractivity contribution in [2.45, 2.75) is 24.1 Å². The van der Waals surface area contributed by atoms with Crippen molar-refractivity contribution in [1.29, 1.82) is 0 Å². The summed E-state index contributed by atoms with van der Waals surface area (Å²) in [6.45, 7) is 1.75. The van der Waals surface area contributed by atoms with E-state index in [0.717, 1.165) is 6.07 Å². The number of carbonyl (C=O) groups is 1. The van der Waals surface area contributed by atoms with Gasteiger partial charge < -0.3 is 11.1 Å². The molecule has 1 aromatic carbocycles. The molecule has 2 aromatic rings. The van der Waals surface area contributed by atoms with Gasteiger partial charge in [-0.2, -0.15) is 10.6 Å². The smallest absolute Gasteiger partial charge is 0.274 e. The van der Waals surface area contributed by atoms with Crippen molar-refractivity contribution in [2.24, 2.45) is 10.7 Å². The molecule has 0 fully saturated rings. The van der Waals surface area contributed by atoms with E-state index in [9.17, 15) is 22.7 Å². The average molecular weight is 459 g/mol. The number of benzene rings is 1. The number of halogens is 3. The largest absolute Gasteiger partial charge is 0.386 e. The molecule has 0 unspecified atom stereocenters. The Labute approximate surface area is 178 Å². The molecule has 5 N–H and O–H groups in total. The van der Waals surface area contributed by atoms with Gasteiger partial charge in [0.15, 0.2) is 0 Å². The van der Waals surface area contributed by atoms with Crippen LogP contribution in [0.15, 0.2) is 41.5 Å². The van der Waals surface area contributed by atoms with E-state index < -0.39 is 45.0 Å². The van der Waals surface area contributed by atoms with Crippen molar-refractivity contribution in [2.75, 3.05) is 17.7 Å². The number of nitrogens with zero attached hydrogens (tertiary/aromatic N) is 2. The average Bonchev–Trinajstić information content (AvgIpc) is 2.68. The van der Waals surface area contributed by atoms with Gasteiger partial charge in [-0.15, -0.1) is 0 Å². The first-order valence-corrected chi connectivity index (χ1v) is 10.9. The Morgan fingerprint density at radius 1 is 1.33 bits per heavy atom. The SMILES string of the molecule is CC1(C)C(N)=N[C@](CF)(c2cc(NC(=O)c3ccc(Cl)cn3)ccc2F)CS1(O)O. The van der Waals surface area contributed by atoms with Gasteiger partial charge in [0.05, 0.1) is 10.8 Å². The fourth-order valence-electron chi connectivity index (χ4n) is 3.02. The molecular formula is C19H21ClF2N4O3S. The van der Waals surface area contributed by atoms with Crippen LogP contribution in [0, 0.1) is 5.82 Å². The van der Waals surface area contributed by atoms with Crippen LogP contribution in [0.4, 0.5) is 14.5 Å². The van der Waals surface area contributed by atoms with Crippen molar-refractivity contribution in [1.82, 2.24) is 4.98 Å². The number of amides is 1. The molecule has 1 atom stereocenters. The molecule has 162 valence electrons. The predicted molar refractivity (Wildman–Crippen MR) is 115 cm³/mol. The Morgan fingerprint density at radius 2 is 2.03 bits per heavy atom. The van der Waals surface area contributed by atoms with Crippen molar-refractivity contribution >= 4 is 39.6 Å². The van der Waals surface area contributed by atoms with Crippen molar-refractivity contribution in [3.8, 4) is 0 Å². The monoisotopic (exact) mass is 458 g/mol. The number of nitrogens with one attached hydrogen (secondary N) is 1. The van der Waals surface area contributed by atoms with Crippen LogP contribution in [0.5, 0.6) is 0 Å². The lowest BCUT2D eigenvalue weighted by Gasteiger charge is -2.53. The van der Waals surface area contributed by atoms with E-state index in [2.05, 4.69) is 15.3 Å².